The van der Waals surface area contributed by atoms with Crippen LogP contribution in [0.3, 0.4) is 0 Å². The lowest BCUT2D eigenvalue weighted by atomic mass is 10.1. The number of halogens is 2. The minimum Gasteiger partial charge on any atom is -0.333 e. The first-order chi connectivity index (χ1) is 11.5. The number of nitrogens with two attached hydrogens (primary N) is 1. The molecule has 0 aliphatic heterocycles. The van der Waals surface area contributed by atoms with Crippen molar-refractivity contribution < 1.29 is 19.3 Å². The van der Waals surface area contributed by atoms with Crippen LogP contribution in [0.1, 0.15) is 18.5 Å². The molecule has 0 heterocycles. The van der Waals surface area contributed by atoms with Crippen molar-refractivity contribution in [2.24, 2.45) is 0 Å². The lowest BCUT2D eigenvalue weighted by Gasteiger charge is -2.11. The average Bonchev–Trinajstić information content (AvgIpc) is 2.54. The molecule has 0 saturated carbocycles. The first-order valence-corrected chi connectivity index (χ1v) is 7.77. The second-order valence-corrected chi connectivity index (χ2v) is 5.70. The second kappa shape index (κ2) is 8.42. The monoisotopic (exact) mass is 350 g/mol. The molecule has 5 nitrogen and oxygen atoms in total. The standard InChI is InChI=1S/C17H17ClFN3O2/c1-11(12-5-4-6-13(18)9-12)20-10-16(23)22-17(24)21-15-8-3-2-7-14(15)19/h2-9,11,20H,10H2,1H3,(H2,21,22,23,24)/p+1/t11-/m1/s1. The highest BCUT2D eigenvalue weighted by Gasteiger charge is 2.14. The molecule has 0 fully saturated rings. The third kappa shape index (κ3) is 5.33. The van der Waals surface area contributed by atoms with Gasteiger partial charge < -0.3 is 10.6 Å². The van der Waals surface area contributed by atoms with Crippen LogP contribution in [0.25, 0.3) is 0 Å². The number of amides is 3. The summed E-state index contributed by atoms with van der Waals surface area (Å²) in [6.07, 6.45) is 0. The number of anilines is 1. The summed E-state index contributed by atoms with van der Waals surface area (Å²) in [5.74, 6) is -1.04. The molecule has 126 valence electrons. The van der Waals surface area contributed by atoms with Crippen molar-refractivity contribution in [3.63, 3.8) is 0 Å². The Morgan fingerprint density at radius 1 is 1.21 bits per heavy atom. The number of carbonyl (C=O) groups is 2. The number of nitrogens with one attached hydrogen (secondary N) is 2. The van der Waals surface area contributed by atoms with Gasteiger partial charge in [-0.2, -0.15) is 0 Å². The second-order valence-electron chi connectivity index (χ2n) is 5.27. The molecule has 0 bridgehead atoms. The molecule has 0 aliphatic rings. The number of imide groups is 1. The summed E-state index contributed by atoms with van der Waals surface area (Å²) in [6.45, 7) is 1.98. The highest BCUT2D eigenvalue weighted by molar-refractivity contribution is 6.30. The normalized spacial score (nSPS) is 11.6. The number of para-hydroxylation sites is 1. The summed E-state index contributed by atoms with van der Waals surface area (Å²) in [5.41, 5.74) is 0.991. The van der Waals surface area contributed by atoms with E-state index in [-0.39, 0.29) is 18.3 Å². The van der Waals surface area contributed by atoms with E-state index >= 15 is 0 Å². The largest absolute Gasteiger partial charge is 0.333 e. The van der Waals surface area contributed by atoms with Crippen LogP contribution < -0.4 is 16.0 Å². The van der Waals surface area contributed by atoms with Crippen molar-refractivity contribution >= 4 is 29.2 Å². The van der Waals surface area contributed by atoms with Crippen molar-refractivity contribution in [1.29, 1.82) is 0 Å². The van der Waals surface area contributed by atoms with E-state index in [1.54, 1.807) is 17.4 Å². The molecule has 0 spiro atoms. The van der Waals surface area contributed by atoms with E-state index < -0.39 is 17.8 Å². The van der Waals surface area contributed by atoms with Gasteiger partial charge in [-0.1, -0.05) is 35.9 Å². The van der Waals surface area contributed by atoms with Crippen LogP contribution in [0.2, 0.25) is 5.02 Å². The van der Waals surface area contributed by atoms with Crippen LogP contribution in [0.15, 0.2) is 48.5 Å². The third-order valence-electron chi connectivity index (χ3n) is 3.41. The molecule has 0 aromatic heterocycles. The first kappa shape index (κ1) is 17.9. The van der Waals surface area contributed by atoms with E-state index in [0.717, 1.165) is 5.56 Å². The minimum atomic E-state index is -0.770. The average molecular weight is 351 g/mol. The zero-order chi connectivity index (χ0) is 17.5. The Kier molecular flexibility index (Phi) is 6.28. The predicted molar refractivity (Wildman–Crippen MR) is 90.2 cm³/mol. The molecule has 0 unspecified atom stereocenters. The molecular formula is C17H18ClFN3O2+. The van der Waals surface area contributed by atoms with E-state index in [0.29, 0.717) is 5.02 Å². The Morgan fingerprint density at radius 2 is 1.96 bits per heavy atom. The Hall–Kier alpha value is -2.44. The Balaban J connectivity index is 1.80. The molecule has 2 aromatic rings. The molecule has 7 heteroatoms. The van der Waals surface area contributed by atoms with Gasteiger partial charge in [0, 0.05) is 10.6 Å². The first-order valence-electron chi connectivity index (χ1n) is 7.40. The van der Waals surface area contributed by atoms with Gasteiger partial charge in [-0.15, -0.1) is 0 Å². The third-order valence-corrected chi connectivity index (χ3v) is 3.64. The lowest BCUT2D eigenvalue weighted by molar-refractivity contribution is -0.682. The number of carbonyl (C=O) groups excluding carboxylic acids is 2. The van der Waals surface area contributed by atoms with Crippen molar-refractivity contribution in [3.8, 4) is 0 Å². The zero-order valence-electron chi connectivity index (χ0n) is 13.1. The van der Waals surface area contributed by atoms with Gasteiger partial charge in [-0.05, 0) is 31.2 Å². The predicted octanol–water partition coefficient (Wildman–Crippen LogP) is 2.45. The highest BCUT2D eigenvalue weighted by atomic mass is 35.5. The van der Waals surface area contributed by atoms with E-state index in [1.165, 1.54) is 18.2 Å². The fourth-order valence-corrected chi connectivity index (χ4v) is 2.30. The van der Waals surface area contributed by atoms with Gasteiger partial charge in [0.2, 0.25) is 0 Å². The maximum atomic E-state index is 13.4. The number of hydrogen-bond donors (Lipinski definition) is 3. The zero-order valence-corrected chi connectivity index (χ0v) is 13.8. The molecule has 0 radical (unpaired) electrons. The molecule has 4 N–H and O–H groups in total. The van der Waals surface area contributed by atoms with Crippen molar-refractivity contribution in [2.45, 2.75) is 13.0 Å². The highest BCUT2D eigenvalue weighted by Crippen LogP contribution is 2.14. The van der Waals surface area contributed by atoms with Gasteiger partial charge in [0.05, 0.1) is 5.69 Å². The van der Waals surface area contributed by atoms with Gasteiger partial charge >= 0.3 is 6.03 Å². The van der Waals surface area contributed by atoms with Gasteiger partial charge in [-0.3, -0.25) is 10.1 Å². The SMILES string of the molecule is C[C@@H]([NH2+]CC(=O)NC(=O)Nc1ccccc1F)c1cccc(Cl)c1. The number of urea groups is 1. The fraction of sp³-hybridized carbons (Fsp3) is 0.176. The minimum absolute atomic E-state index is 0.00378. The Bertz CT molecular complexity index is 739. The van der Waals surface area contributed by atoms with E-state index in [1.807, 2.05) is 25.1 Å². The summed E-state index contributed by atoms with van der Waals surface area (Å²) in [7, 11) is 0. The van der Waals surface area contributed by atoms with Gasteiger partial charge in [-0.25, -0.2) is 9.18 Å². The number of rotatable bonds is 5. The molecule has 24 heavy (non-hydrogen) atoms. The lowest BCUT2D eigenvalue weighted by Crippen LogP contribution is -2.87. The van der Waals surface area contributed by atoms with Crippen LogP contribution in [0.5, 0.6) is 0 Å². The molecular weight excluding hydrogens is 333 g/mol. The summed E-state index contributed by atoms with van der Waals surface area (Å²) in [4.78, 5) is 23.5. The molecule has 0 saturated heterocycles. The van der Waals surface area contributed by atoms with Crippen LogP contribution in [-0.2, 0) is 4.79 Å². The van der Waals surface area contributed by atoms with E-state index in [9.17, 15) is 14.0 Å². The van der Waals surface area contributed by atoms with Gasteiger partial charge in [0.1, 0.15) is 11.9 Å². The van der Waals surface area contributed by atoms with Crippen molar-refractivity contribution in [3.05, 3.63) is 64.9 Å². The topological polar surface area (TPSA) is 74.8 Å². The Labute approximate surface area is 144 Å². The van der Waals surface area contributed by atoms with Crippen LogP contribution in [0.4, 0.5) is 14.9 Å². The molecule has 3 amide bonds. The van der Waals surface area contributed by atoms with Crippen LogP contribution in [0, 0.1) is 5.82 Å². The Morgan fingerprint density at radius 3 is 2.67 bits per heavy atom. The summed E-state index contributed by atoms with van der Waals surface area (Å²) in [6, 6.07) is 12.3. The summed E-state index contributed by atoms with van der Waals surface area (Å²) in [5, 5.41) is 6.85. The van der Waals surface area contributed by atoms with E-state index in [4.69, 9.17) is 11.6 Å². The maximum Gasteiger partial charge on any atom is 0.326 e. The van der Waals surface area contributed by atoms with Crippen molar-refractivity contribution in [2.75, 3.05) is 11.9 Å². The van der Waals surface area contributed by atoms with Crippen LogP contribution >= 0.6 is 11.6 Å². The smallest absolute Gasteiger partial charge is 0.326 e. The van der Waals surface area contributed by atoms with Gasteiger partial charge in [0.25, 0.3) is 5.91 Å². The van der Waals surface area contributed by atoms with E-state index in [2.05, 4.69) is 10.6 Å². The molecule has 0 aliphatic carbocycles. The number of hydrogen-bond acceptors (Lipinski definition) is 2. The maximum absolute atomic E-state index is 13.4. The summed E-state index contributed by atoms with van der Waals surface area (Å²) < 4.78 is 13.4. The quantitative estimate of drug-likeness (QED) is 0.774. The molecule has 1 atom stereocenters. The number of benzene rings is 2. The molecule has 2 aromatic carbocycles. The fourth-order valence-electron chi connectivity index (χ4n) is 2.10. The van der Waals surface area contributed by atoms with Gasteiger partial charge in [0.15, 0.2) is 6.54 Å². The van der Waals surface area contributed by atoms with Crippen molar-refractivity contribution in [1.82, 2.24) is 5.32 Å². The molecule has 2 rings (SSSR count). The number of quaternary nitrogens is 1. The summed E-state index contributed by atoms with van der Waals surface area (Å²) >= 11 is 5.93. The van der Waals surface area contributed by atoms with Crippen LogP contribution in [-0.4, -0.2) is 18.5 Å².